The maximum atomic E-state index is 13.6. The molecule has 0 unspecified atom stereocenters. The molecule has 0 atom stereocenters. The Balaban J connectivity index is 0.00000650. The van der Waals surface area contributed by atoms with Crippen LogP contribution in [0.5, 0.6) is 23.0 Å². The number of methoxy groups -OCH3 is 2. The fourth-order valence-electron chi connectivity index (χ4n) is 4.54. The zero-order chi connectivity index (χ0) is 39.0. The zero-order valence-electron chi connectivity index (χ0n) is 26.5. The second kappa shape index (κ2) is 15.4. The van der Waals surface area contributed by atoms with Gasteiger partial charge in [0.05, 0.1) is 24.8 Å². The Morgan fingerprint density at radius 1 is 0.667 bits per heavy atom. The van der Waals surface area contributed by atoms with Gasteiger partial charge in [-0.15, -0.1) is 20.5 Å². The van der Waals surface area contributed by atoms with E-state index in [1.807, 2.05) is 0 Å². The molecule has 21 nitrogen and oxygen atoms in total. The van der Waals surface area contributed by atoms with E-state index in [9.17, 15) is 57.9 Å². The normalized spacial score (nSPS) is 12.3. The Hall–Kier alpha value is -5.54. The van der Waals surface area contributed by atoms with Crippen molar-refractivity contribution < 1.29 is 84.4 Å². The summed E-state index contributed by atoms with van der Waals surface area (Å²) < 4.78 is 140. The van der Waals surface area contributed by atoms with Crippen LogP contribution in [0.25, 0.3) is 10.8 Å². The first-order chi connectivity index (χ1) is 24.7. The van der Waals surface area contributed by atoms with Crippen molar-refractivity contribution >= 4 is 75.5 Å². The molecule has 0 spiro atoms. The topological polar surface area (TPSA) is 322 Å². The average Bonchev–Trinajstić information content (AvgIpc) is 3.05. The maximum Gasteiger partial charge on any atom is 0.315 e. The number of hydrogen-bond acceptors (Lipinski definition) is 18. The van der Waals surface area contributed by atoms with E-state index in [2.05, 4.69) is 40.7 Å². The number of azo groups is 2. The number of nitrogens with zero attached hydrogens (tertiary/aromatic N) is 7. The minimum absolute atomic E-state index is 0. The van der Waals surface area contributed by atoms with Gasteiger partial charge in [-0.05, 0) is 36.4 Å². The summed E-state index contributed by atoms with van der Waals surface area (Å²) in [5, 5.41) is 37.5. The quantitative estimate of drug-likeness (QED) is 0.0575. The van der Waals surface area contributed by atoms with Crippen molar-refractivity contribution in [2.75, 3.05) is 19.5 Å². The second-order valence-corrected chi connectivity index (χ2v) is 14.3. The summed E-state index contributed by atoms with van der Waals surface area (Å²) in [5.41, 5.74) is -2.71. The minimum Gasteiger partial charge on any atom is -0.506 e. The van der Waals surface area contributed by atoms with Crippen molar-refractivity contribution in [2.24, 2.45) is 20.5 Å². The molecule has 0 amide bonds. The largest absolute Gasteiger partial charge is 0.506 e. The first-order valence-corrected chi connectivity index (χ1v) is 18.0. The van der Waals surface area contributed by atoms with Gasteiger partial charge in [-0.25, -0.2) is 0 Å². The molecule has 4 aromatic carbocycles. The number of hydrogen-bond donors (Lipinski definition) is 6. The van der Waals surface area contributed by atoms with Crippen molar-refractivity contribution in [1.82, 2.24) is 15.0 Å². The second-order valence-electron chi connectivity index (χ2n) is 10.1. The van der Waals surface area contributed by atoms with Crippen molar-refractivity contribution in [3.05, 3.63) is 60.7 Å². The number of aromatic nitrogens is 3. The van der Waals surface area contributed by atoms with Crippen LogP contribution in [-0.4, -0.2) is 78.3 Å². The molecule has 1 heterocycles. The third-order valence-corrected chi connectivity index (χ3v) is 9.47. The van der Waals surface area contributed by atoms with E-state index in [0.717, 1.165) is 36.4 Å². The zero-order valence-corrected chi connectivity index (χ0v) is 29.9. The van der Waals surface area contributed by atoms with Crippen LogP contribution in [0.15, 0.2) is 83.7 Å². The Kier molecular flexibility index (Phi) is 11.8. The van der Waals surface area contributed by atoms with E-state index >= 15 is 0 Å². The van der Waals surface area contributed by atoms with Gasteiger partial charge in [0.2, 0.25) is 5.95 Å². The molecule has 27 heteroatoms. The van der Waals surface area contributed by atoms with Gasteiger partial charge in [-0.3, -0.25) is 13.7 Å². The van der Waals surface area contributed by atoms with Crippen molar-refractivity contribution in [3.8, 4) is 23.0 Å². The Bertz CT molecular complexity index is 2700. The Labute approximate surface area is 312 Å². The van der Waals surface area contributed by atoms with Gasteiger partial charge in [-0.2, -0.15) is 49.0 Å². The molecule has 0 fully saturated rings. The van der Waals surface area contributed by atoms with Crippen LogP contribution in [-0.2, 0) is 47.4 Å². The maximum absolute atomic E-state index is 13.6. The van der Waals surface area contributed by atoms with Gasteiger partial charge in [0.1, 0.15) is 38.3 Å². The van der Waals surface area contributed by atoms with Gasteiger partial charge >= 0.3 is 12.2 Å². The van der Waals surface area contributed by atoms with E-state index in [-0.39, 0.29) is 39.9 Å². The molecule has 289 valence electrons. The van der Waals surface area contributed by atoms with E-state index < -0.39 is 102 Å². The molecular formula is C27H20CuF2N8O13S3. The number of benzene rings is 4. The molecule has 54 heavy (non-hydrogen) atoms. The molecule has 0 bridgehead atoms. The van der Waals surface area contributed by atoms with Crippen molar-refractivity contribution in [3.63, 3.8) is 0 Å². The van der Waals surface area contributed by atoms with Crippen molar-refractivity contribution in [1.29, 1.82) is 0 Å². The summed E-state index contributed by atoms with van der Waals surface area (Å²) in [4.78, 5) is 5.91. The van der Waals surface area contributed by atoms with E-state index in [1.54, 1.807) is 0 Å². The summed E-state index contributed by atoms with van der Waals surface area (Å²) >= 11 is 0. The molecule has 0 saturated carbocycles. The molecule has 5 rings (SSSR count). The summed E-state index contributed by atoms with van der Waals surface area (Å²) in [5.74, 6) is -2.56. The number of phenolic OH excluding ortho intramolecular Hbond substituents is 2. The number of aromatic hydroxyl groups is 2. The molecule has 0 aliphatic carbocycles. The number of ether oxygens (including phenoxy) is 2. The third-order valence-electron chi connectivity index (χ3n) is 6.80. The number of nitrogens with one attached hydrogen (secondary N) is 1. The van der Waals surface area contributed by atoms with Crippen LogP contribution in [0.2, 0.25) is 0 Å². The van der Waals surface area contributed by atoms with Gasteiger partial charge < -0.3 is 25.0 Å². The number of halogens is 2. The molecule has 5 aromatic rings. The number of rotatable bonds is 11. The number of fused-ring (bicyclic) bond motifs is 1. The molecule has 0 saturated heterocycles. The monoisotopic (exact) mass is 861 g/mol. The molecule has 0 aliphatic rings. The summed E-state index contributed by atoms with van der Waals surface area (Å²) in [6.45, 7) is 0. The predicted molar refractivity (Wildman–Crippen MR) is 174 cm³/mol. The van der Waals surface area contributed by atoms with Crippen LogP contribution in [0.1, 0.15) is 0 Å². The summed E-state index contributed by atoms with van der Waals surface area (Å²) in [6.07, 6.45) is -3.22. The van der Waals surface area contributed by atoms with Crippen molar-refractivity contribution in [2.45, 2.75) is 14.7 Å². The molecule has 1 radical (unpaired) electrons. The average molecular weight is 862 g/mol. The van der Waals surface area contributed by atoms with E-state index in [4.69, 9.17) is 9.47 Å². The smallest absolute Gasteiger partial charge is 0.315 e. The van der Waals surface area contributed by atoms with Crippen LogP contribution in [0.4, 0.5) is 43.2 Å². The van der Waals surface area contributed by atoms with Crippen LogP contribution < -0.4 is 14.8 Å². The standard InChI is InChI=1S/C27H20F2N8O13S3.Cu/c1-49-19-9-15(34-36-17-7-11(51(40,41)42)3-6-18(17)38)16(10-20(19)50-2)35-37-22-21(52(43,44)45)8-13-12(23(22)39)4-5-14(24(13)53(46,47)48)30-27-32-25(28)31-26(29)33-27;/h3-10,38-39H,1-2H3,(H,40,41,42)(H,43,44,45)(H,46,47,48)(H,30,31,32,33);. The van der Waals surface area contributed by atoms with Gasteiger partial charge in [0.15, 0.2) is 17.2 Å². The third kappa shape index (κ3) is 8.80. The summed E-state index contributed by atoms with van der Waals surface area (Å²) in [7, 11) is -13.1. The van der Waals surface area contributed by atoms with Gasteiger partial charge in [-0.1, -0.05) is 0 Å². The number of anilines is 2. The van der Waals surface area contributed by atoms with Gasteiger partial charge in [0, 0.05) is 40.0 Å². The van der Waals surface area contributed by atoms with E-state index in [0.29, 0.717) is 6.07 Å². The van der Waals surface area contributed by atoms with Crippen LogP contribution >= 0.6 is 0 Å². The number of phenols is 2. The molecule has 6 N–H and O–H groups in total. The molecule has 0 aliphatic heterocycles. The SMILES string of the molecule is COc1cc(N=Nc2cc(S(=O)(=O)O)ccc2O)c(N=Nc2c(S(=O)(=O)O)cc3c(S(=O)(=O)O)c(Nc4nc(F)nc(F)n4)ccc3c2O)cc1OC.[Cu]. The first kappa shape index (κ1) is 41.2. The van der Waals surface area contributed by atoms with Crippen LogP contribution in [0.3, 0.4) is 0 Å². The Morgan fingerprint density at radius 2 is 1.22 bits per heavy atom. The Morgan fingerprint density at radius 3 is 1.74 bits per heavy atom. The fourth-order valence-corrected chi connectivity index (χ4v) is 6.53. The van der Waals surface area contributed by atoms with E-state index in [1.165, 1.54) is 20.3 Å². The minimum atomic E-state index is -5.42. The van der Waals surface area contributed by atoms with Gasteiger partial charge in [0.25, 0.3) is 30.4 Å². The molecular weight excluding hydrogens is 842 g/mol. The first-order valence-electron chi connectivity index (χ1n) is 13.7. The summed E-state index contributed by atoms with van der Waals surface area (Å²) in [6, 6.07) is 7.20. The molecule has 1 aromatic heterocycles. The van der Waals surface area contributed by atoms with Crippen LogP contribution in [0, 0.1) is 12.2 Å². The predicted octanol–water partition coefficient (Wildman–Crippen LogP) is 5.04. The fraction of sp³-hybridized carbons (Fsp3) is 0.0741.